The van der Waals surface area contributed by atoms with E-state index in [1.54, 1.807) is 5.06 Å². The van der Waals surface area contributed by atoms with Crippen molar-refractivity contribution in [2.24, 2.45) is 0 Å². The molecule has 1 atom stereocenters. The number of rotatable bonds is 4. The number of hydroxylamine groups is 2. The summed E-state index contributed by atoms with van der Waals surface area (Å²) in [7, 11) is 0. The SMILES string of the molecule is O=C(OCc1ccccc1)[C@@]12C=C(c3ccccc3)ON1CCC2. The summed E-state index contributed by atoms with van der Waals surface area (Å²) in [6.45, 7) is 1.01. The van der Waals surface area contributed by atoms with Crippen LogP contribution < -0.4 is 0 Å². The summed E-state index contributed by atoms with van der Waals surface area (Å²) in [5, 5.41) is 1.77. The van der Waals surface area contributed by atoms with Gasteiger partial charge in [-0.15, -0.1) is 5.06 Å². The molecule has 2 aromatic carbocycles. The van der Waals surface area contributed by atoms with Gasteiger partial charge in [-0.05, 0) is 24.5 Å². The third kappa shape index (κ3) is 2.59. The zero-order chi connectivity index (χ0) is 16.4. The number of esters is 1. The molecule has 2 aromatic rings. The Morgan fingerprint density at radius 3 is 2.54 bits per heavy atom. The zero-order valence-corrected chi connectivity index (χ0v) is 13.4. The lowest BCUT2D eigenvalue weighted by molar-refractivity contribution is -0.173. The van der Waals surface area contributed by atoms with Crippen LogP contribution in [0.5, 0.6) is 0 Å². The van der Waals surface area contributed by atoms with Crippen molar-refractivity contribution in [2.45, 2.75) is 25.0 Å². The third-order valence-electron chi connectivity index (χ3n) is 4.57. The van der Waals surface area contributed by atoms with Gasteiger partial charge in [0.25, 0.3) is 0 Å². The number of hydrogen-bond acceptors (Lipinski definition) is 4. The van der Waals surface area contributed by atoms with Crippen LogP contribution >= 0.6 is 0 Å². The van der Waals surface area contributed by atoms with E-state index in [0.29, 0.717) is 0 Å². The van der Waals surface area contributed by atoms with Crippen molar-refractivity contribution in [2.75, 3.05) is 6.54 Å². The van der Waals surface area contributed by atoms with Crippen LogP contribution in [0.2, 0.25) is 0 Å². The quantitative estimate of drug-likeness (QED) is 0.807. The summed E-state index contributed by atoms with van der Waals surface area (Å²) in [4.78, 5) is 18.8. The van der Waals surface area contributed by atoms with E-state index in [4.69, 9.17) is 9.57 Å². The molecule has 2 aliphatic heterocycles. The second-order valence-corrected chi connectivity index (χ2v) is 6.16. The number of hydrogen-bond donors (Lipinski definition) is 0. The Hall–Kier alpha value is -2.59. The summed E-state index contributed by atoms with van der Waals surface area (Å²) in [5.74, 6) is 0.488. The minimum absolute atomic E-state index is 0.241. The van der Waals surface area contributed by atoms with E-state index in [1.807, 2.05) is 66.7 Å². The van der Waals surface area contributed by atoms with E-state index in [1.165, 1.54) is 0 Å². The van der Waals surface area contributed by atoms with Crippen LogP contribution in [0.3, 0.4) is 0 Å². The maximum Gasteiger partial charge on any atom is 0.334 e. The maximum absolute atomic E-state index is 12.8. The molecular weight excluding hydrogens is 302 g/mol. The van der Waals surface area contributed by atoms with Gasteiger partial charge in [0.2, 0.25) is 0 Å². The molecule has 0 spiro atoms. The van der Waals surface area contributed by atoms with Crippen LogP contribution in [0.4, 0.5) is 0 Å². The number of nitrogens with zero attached hydrogens (tertiary/aromatic N) is 1. The highest BCUT2D eigenvalue weighted by atomic mass is 16.7. The molecule has 2 aliphatic rings. The normalized spacial score (nSPS) is 22.6. The minimum atomic E-state index is -0.792. The topological polar surface area (TPSA) is 38.8 Å². The van der Waals surface area contributed by atoms with Crippen LogP contribution in [-0.4, -0.2) is 23.1 Å². The fraction of sp³-hybridized carbons (Fsp3) is 0.250. The first-order valence-electron chi connectivity index (χ1n) is 8.23. The van der Waals surface area contributed by atoms with Crippen molar-refractivity contribution < 1.29 is 14.4 Å². The van der Waals surface area contributed by atoms with Crippen molar-refractivity contribution in [1.82, 2.24) is 5.06 Å². The lowest BCUT2D eigenvalue weighted by Crippen LogP contribution is -2.46. The summed E-state index contributed by atoms with van der Waals surface area (Å²) in [5.41, 5.74) is 1.17. The molecule has 122 valence electrons. The van der Waals surface area contributed by atoms with Crippen LogP contribution in [-0.2, 0) is 21.0 Å². The van der Waals surface area contributed by atoms with Gasteiger partial charge in [0, 0.05) is 12.1 Å². The third-order valence-corrected chi connectivity index (χ3v) is 4.57. The number of carbonyl (C=O) groups excluding carboxylic acids is 1. The first-order valence-corrected chi connectivity index (χ1v) is 8.23. The largest absolute Gasteiger partial charge is 0.459 e. The molecular formula is C20H19NO3. The second kappa shape index (κ2) is 6.13. The van der Waals surface area contributed by atoms with E-state index in [2.05, 4.69) is 0 Å². The zero-order valence-electron chi connectivity index (χ0n) is 13.4. The van der Waals surface area contributed by atoms with E-state index >= 15 is 0 Å². The average molecular weight is 321 g/mol. The minimum Gasteiger partial charge on any atom is -0.459 e. The Morgan fingerprint density at radius 1 is 1.08 bits per heavy atom. The van der Waals surface area contributed by atoms with Gasteiger partial charge in [-0.2, -0.15) is 0 Å². The smallest absolute Gasteiger partial charge is 0.334 e. The molecule has 4 nitrogen and oxygen atoms in total. The van der Waals surface area contributed by atoms with Crippen LogP contribution in [0.1, 0.15) is 24.0 Å². The van der Waals surface area contributed by atoms with Crippen molar-refractivity contribution in [3.8, 4) is 0 Å². The van der Waals surface area contributed by atoms with Crippen molar-refractivity contribution in [3.05, 3.63) is 77.9 Å². The summed E-state index contributed by atoms with van der Waals surface area (Å²) in [6.07, 6.45) is 3.55. The van der Waals surface area contributed by atoms with Crippen molar-refractivity contribution >= 4 is 11.7 Å². The lowest BCUT2D eigenvalue weighted by atomic mass is 9.96. The Labute approximate surface area is 141 Å². The Bertz CT molecular complexity index is 757. The molecule has 4 rings (SSSR count). The lowest BCUT2D eigenvalue weighted by Gasteiger charge is -2.26. The fourth-order valence-corrected chi connectivity index (χ4v) is 3.30. The van der Waals surface area contributed by atoms with E-state index in [-0.39, 0.29) is 12.6 Å². The van der Waals surface area contributed by atoms with Gasteiger partial charge in [0.1, 0.15) is 6.61 Å². The molecule has 0 aliphatic carbocycles. The molecule has 0 unspecified atom stereocenters. The Morgan fingerprint density at radius 2 is 1.79 bits per heavy atom. The van der Waals surface area contributed by atoms with Crippen molar-refractivity contribution in [1.29, 1.82) is 0 Å². The predicted molar refractivity (Wildman–Crippen MR) is 90.4 cm³/mol. The highest BCUT2D eigenvalue weighted by Gasteiger charge is 2.53. The van der Waals surface area contributed by atoms with Gasteiger partial charge >= 0.3 is 5.97 Å². The summed E-state index contributed by atoms with van der Waals surface area (Å²) >= 11 is 0. The monoisotopic (exact) mass is 321 g/mol. The van der Waals surface area contributed by atoms with E-state index < -0.39 is 5.54 Å². The van der Waals surface area contributed by atoms with E-state index in [0.717, 1.165) is 36.3 Å². The van der Waals surface area contributed by atoms with Gasteiger partial charge in [-0.3, -0.25) is 0 Å². The number of carbonyl (C=O) groups is 1. The van der Waals surface area contributed by atoms with Gasteiger partial charge in [0.05, 0.1) is 0 Å². The highest BCUT2D eigenvalue weighted by molar-refractivity contribution is 5.87. The average Bonchev–Trinajstić information content (AvgIpc) is 3.20. The number of benzene rings is 2. The molecule has 2 heterocycles. The van der Waals surface area contributed by atoms with Gasteiger partial charge in [0.15, 0.2) is 11.3 Å². The molecule has 0 saturated carbocycles. The molecule has 0 radical (unpaired) electrons. The maximum atomic E-state index is 12.8. The van der Waals surface area contributed by atoms with Crippen LogP contribution in [0.15, 0.2) is 66.7 Å². The Kier molecular flexibility index (Phi) is 3.82. The fourth-order valence-electron chi connectivity index (χ4n) is 3.30. The second-order valence-electron chi connectivity index (χ2n) is 6.16. The van der Waals surface area contributed by atoms with Crippen LogP contribution in [0, 0.1) is 0 Å². The van der Waals surface area contributed by atoms with Crippen LogP contribution in [0.25, 0.3) is 5.76 Å². The number of fused-ring (bicyclic) bond motifs is 1. The molecule has 1 fully saturated rings. The van der Waals surface area contributed by atoms with Gasteiger partial charge in [-0.1, -0.05) is 60.7 Å². The van der Waals surface area contributed by atoms with Crippen molar-refractivity contribution in [3.63, 3.8) is 0 Å². The number of ether oxygens (including phenoxy) is 1. The standard InChI is InChI=1S/C20H19NO3/c22-19(23-15-16-8-3-1-4-9-16)20-12-7-13-21(20)24-18(14-20)17-10-5-2-6-11-17/h1-6,8-11,14H,7,12-13,15H2/t20-/m1/s1. The predicted octanol–water partition coefficient (Wildman–Crippen LogP) is 3.55. The molecule has 0 amide bonds. The molecule has 0 aromatic heterocycles. The molecule has 1 saturated heterocycles. The first kappa shape index (κ1) is 15.0. The highest BCUT2D eigenvalue weighted by Crippen LogP contribution is 2.42. The van der Waals surface area contributed by atoms with Gasteiger partial charge in [-0.25, -0.2) is 4.79 Å². The van der Waals surface area contributed by atoms with Gasteiger partial charge < -0.3 is 9.57 Å². The Balaban J connectivity index is 1.55. The molecule has 0 bridgehead atoms. The first-order chi connectivity index (χ1) is 11.8. The summed E-state index contributed by atoms with van der Waals surface area (Å²) < 4.78 is 5.60. The van der Waals surface area contributed by atoms with E-state index in [9.17, 15) is 4.79 Å². The molecule has 4 heteroatoms. The molecule has 0 N–H and O–H groups in total. The molecule has 24 heavy (non-hydrogen) atoms. The summed E-state index contributed by atoms with van der Waals surface area (Å²) in [6, 6.07) is 19.6.